The zero-order valence-electron chi connectivity index (χ0n) is 14.6. The van der Waals surface area contributed by atoms with E-state index < -0.39 is 18.5 Å². The van der Waals surface area contributed by atoms with Gasteiger partial charge in [-0.05, 0) is 45.5 Å². The number of ether oxygens (including phenoxy) is 1. The third kappa shape index (κ3) is 3.70. The van der Waals surface area contributed by atoms with Crippen molar-refractivity contribution in [3.63, 3.8) is 0 Å². The molecule has 28 heavy (non-hydrogen) atoms. The van der Waals surface area contributed by atoms with E-state index >= 15 is 0 Å². The number of tetrazole rings is 1. The van der Waals surface area contributed by atoms with E-state index in [0.717, 1.165) is 10.8 Å². The number of nitrogens with zero attached hydrogens (tertiary/aromatic N) is 4. The monoisotopic (exact) mass is 373 g/mol. The average Bonchev–Trinajstić information content (AvgIpc) is 3.27. The molecule has 0 atom stereocenters. The van der Waals surface area contributed by atoms with Gasteiger partial charge in [0, 0.05) is 5.69 Å². The average molecular weight is 373 g/mol. The van der Waals surface area contributed by atoms with Crippen LogP contribution in [0.15, 0.2) is 73.1 Å². The fraction of sp³-hybridized carbons (Fsp3) is 0.0500. The Kier molecular flexibility index (Phi) is 4.75. The van der Waals surface area contributed by atoms with Crippen molar-refractivity contribution < 1.29 is 14.3 Å². The van der Waals surface area contributed by atoms with Gasteiger partial charge in [0.15, 0.2) is 6.61 Å². The topological polar surface area (TPSA) is 99.0 Å². The van der Waals surface area contributed by atoms with Crippen molar-refractivity contribution in [2.45, 2.75) is 0 Å². The second kappa shape index (κ2) is 7.67. The van der Waals surface area contributed by atoms with Crippen molar-refractivity contribution in [1.82, 2.24) is 20.2 Å². The van der Waals surface area contributed by atoms with Gasteiger partial charge in [0.1, 0.15) is 6.33 Å². The van der Waals surface area contributed by atoms with E-state index in [1.165, 1.54) is 11.0 Å². The van der Waals surface area contributed by atoms with Crippen LogP contribution in [-0.2, 0) is 9.53 Å². The molecule has 4 rings (SSSR count). The SMILES string of the molecule is O=C(COC(=O)c1ccccc1-n1cnnn1)Nc1ccc2ccccc2c1. The van der Waals surface area contributed by atoms with Crippen LogP contribution in [0.25, 0.3) is 16.5 Å². The number of para-hydroxylation sites is 1. The lowest BCUT2D eigenvalue weighted by Gasteiger charge is -2.09. The number of esters is 1. The number of hydrogen-bond acceptors (Lipinski definition) is 6. The molecule has 0 unspecified atom stereocenters. The van der Waals surface area contributed by atoms with Gasteiger partial charge in [0.25, 0.3) is 5.91 Å². The van der Waals surface area contributed by atoms with Gasteiger partial charge in [-0.1, -0.05) is 42.5 Å². The van der Waals surface area contributed by atoms with Crippen LogP contribution in [0.3, 0.4) is 0 Å². The molecule has 8 heteroatoms. The van der Waals surface area contributed by atoms with Gasteiger partial charge >= 0.3 is 5.97 Å². The Morgan fingerprint density at radius 3 is 2.57 bits per heavy atom. The van der Waals surface area contributed by atoms with Gasteiger partial charge in [-0.3, -0.25) is 4.79 Å². The predicted molar refractivity (Wildman–Crippen MR) is 102 cm³/mol. The molecular weight excluding hydrogens is 358 g/mol. The van der Waals surface area contributed by atoms with Crippen LogP contribution in [0.4, 0.5) is 5.69 Å². The third-order valence-corrected chi connectivity index (χ3v) is 4.09. The third-order valence-electron chi connectivity index (χ3n) is 4.09. The van der Waals surface area contributed by atoms with Crippen LogP contribution < -0.4 is 5.32 Å². The maximum Gasteiger partial charge on any atom is 0.340 e. The minimum atomic E-state index is -0.639. The molecular formula is C20H15N5O3. The molecule has 4 aromatic rings. The molecule has 0 bridgehead atoms. The molecule has 0 saturated heterocycles. The molecule has 0 aliphatic heterocycles. The number of nitrogens with one attached hydrogen (secondary N) is 1. The Morgan fingerprint density at radius 2 is 1.75 bits per heavy atom. The highest BCUT2D eigenvalue weighted by molar-refractivity contribution is 5.98. The van der Waals surface area contributed by atoms with E-state index in [-0.39, 0.29) is 5.56 Å². The van der Waals surface area contributed by atoms with E-state index in [0.29, 0.717) is 11.4 Å². The molecule has 1 aromatic heterocycles. The summed E-state index contributed by atoms with van der Waals surface area (Å²) < 4.78 is 6.51. The first kappa shape index (κ1) is 17.3. The molecule has 1 amide bonds. The molecule has 1 N–H and O–H groups in total. The summed E-state index contributed by atoms with van der Waals surface area (Å²) >= 11 is 0. The largest absolute Gasteiger partial charge is 0.452 e. The molecule has 0 spiro atoms. The lowest BCUT2D eigenvalue weighted by atomic mass is 10.1. The predicted octanol–water partition coefficient (Wildman–Crippen LogP) is 2.61. The van der Waals surface area contributed by atoms with Crippen molar-refractivity contribution >= 4 is 28.3 Å². The van der Waals surface area contributed by atoms with Gasteiger partial charge in [-0.2, -0.15) is 4.68 Å². The fourth-order valence-corrected chi connectivity index (χ4v) is 2.79. The first-order chi connectivity index (χ1) is 13.7. The quantitative estimate of drug-likeness (QED) is 0.540. The number of carbonyl (C=O) groups is 2. The second-order valence-electron chi connectivity index (χ2n) is 5.96. The van der Waals surface area contributed by atoms with Gasteiger partial charge in [-0.15, -0.1) is 5.10 Å². The van der Waals surface area contributed by atoms with E-state index in [1.54, 1.807) is 30.3 Å². The molecule has 0 aliphatic rings. The van der Waals surface area contributed by atoms with Gasteiger partial charge in [0.2, 0.25) is 0 Å². The van der Waals surface area contributed by atoms with Crippen molar-refractivity contribution in [1.29, 1.82) is 0 Å². The molecule has 3 aromatic carbocycles. The summed E-state index contributed by atoms with van der Waals surface area (Å²) in [4.78, 5) is 24.6. The summed E-state index contributed by atoms with van der Waals surface area (Å²) in [5.41, 5.74) is 1.36. The Hall–Kier alpha value is -4.07. The highest BCUT2D eigenvalue weighted by atomic mass is 16.5. The number of hydrogen-bond donors (Lipinski definition) is 1. The van der Waals surface area contributed by atoms with Gasteiger partial charge in [0.05, 0.1) is 11.3 Å². The summed E-state index contributed by atoms with van der Waals surface area (Å²) in [6.07, 6.45) is 1.37. The standard InChI is InChI=1S/C20H15N5O3/c26-19(22-16-10-9-14-5-1-2-6-15(14)11-16)12-28-20(27)17-7-3-4-8-18(17)25-13-21-23-24-25/h1-11,13H,12H2,(H,22,26). The Labute approximate surface area is 159 Å². The molecule has 0 aliphatic carbocycles. The normalized spacial score (nSPS) is 10.6. The number of carbonyl (C=O) groups excluding carboxylic acids is 2. The highest BCUT2D eigenvalue weighted by Gasteiger charge is 2.16. The number of fused-ring (bicyclic) bond motifs is 1. The molecule has 8 nitrogen and oxygen atoms in total. The minimum absolute atomic E-state index is 0.258. The summed E-state index contributed by atoms with van der Waals surface area (Å²) in [7, 11) is 0. The van der Waals surface area contributed by atoms with Gasteiger partial charge in [-0.25, -0.2) is 4.79 Å². The Balaban J connectivity index is 1.41. The second-order valence-corrected chi connectivity index (χ2v) is 5.96. The zero-order valence-corrected chi connectivity index (χ0v) is 14.6. The van der Waals surface area contributed by atoms with Crippen LogP contribution in [0.5, 0.6) is 0 Å². The van der Waals surface area contributed by atoms with Crippen LogP contribution in [0.1, 0.15) is 10.4 Å². The van der Waals surface area contributed by atoms with Crippen molar-refractivity contribution in [2.75, 3.05) is 11.9 Å². The molecule has 0 fully saturated rings. The lowest BCUT2D eigenvalue weighted by molar-refractivity contribution is -0.119. The maximum atomic E-state index is 12.4. The summed E-state index contributed by atoms with van der Waals surface area (Å²) in [5, 5.41) is 15.7. The first-order valence-corrected chi connectivity index (χ1v) is 8.49. The van der Waals surface area contributed by atoms with Crippen LogP contribution in [-0.4, -0.2) is 38.7 Å². The van der Waals surface area contributed by atoms with Crippen LogP contribution in [0, 0.1) is 0 Å². The number of amides is 1. The Bertz CT molecular complexity index is 1140. The first-order valence-electron chi connectivity index (χ1n) is 8.49. The fourth-order valence-electron chi connectivity index (χ4n) is 2.79. The van der Waals surface area contributed by atoms with Crippen LogP contribution >= 0.6 is 0 Å². The number of aromatic nitrogens is 4. The van der Waals surface area contributed by atoms with E-state index in [1.807, 2.05) is 36.4 Å². The highest BCUT2D eigenvalue weighted by Crippen LogP contribution is 2.19. The summed E-state index contributed by atoms with van der Waals surface area (Å²) in [6.45, 7) is -0.407. The van der Waals surface area contributed by atoms with Gasteiger partial charge < -0.3 is 10.1 Å². The molecule has 138 valence electrons. The maximum absolute atomic E-state index is 12.4. The smallest absolute Gasteiger partial charge is 0.340 e. The minimum Gasteiger partial charge on any atom is -0.452 e. The number of benzene rings is 3. The zero-order chi connectivity index (χ0) is 19.3. The van der Waals surface area contributed by atoms with E-state index in [2.05, 4.69) is 20.8 Å². The Morgan fingerprint density at radius 1 is 0.964 bits per heavy atom. The van der Waals surface area contributed by atoms with Crippen molar-refractivity contribution in [3.8, 4) is 5.69 Å². The van der Waals surface area contributed by atoms with E-state index in [4.69, 9.17) is 4.74 Å². The van der Waals surface area contributed by atoms with E-state index in [9.17, 15) is 9.59 Å². The number of anilines is 1. The molecule has 1 heterocycles. The van der Waals surface area contributed by atoms with Crippen LogP contribution in [0.2, 0.25) is 0 Å². The molecule has 0 saturated carbocycles. The van der Waals surface area contributed by atoms with Crippen molar-refractivity contribution in [2.24, 2.45) is 0 Å². The molecule has 0 radical (unpaired) electrons. The lowest BCUT2D eigenvalue weighted by Crippen LogP contribution is -2.21. The summed E-state index contributed by atoms with van der Waals surface area (Å²) in [5.74, 6) is -1.07. The van der Waals surface area contributed by atoms with Crippen molar-refractivity contribution in [3.05, 3.63) is 78.6 Å². The number of rotatable bonds is 5. The summed E-state index contributed by atoms with van der Waals surface area (Å²) in [6, 6.07) is 20.1.